The summed E-state index contributed by atoms with van der Waals surface area (Å²) in [5.74, 6) is -0.405. The number of hydrogen-bond donors (Lipinski definition) is 0. The number of sulfonamides is 1. The maximum absolute atomic E-state index is 13.0. The van der Waals surface area contributed by atoms with Crippen LogP contribution in [0, 0.1) is 6.92 Å². The molecule has 1 fully saturated rings. The lowest BCUT2D eigenvalue weighted by molar-refractivity contribution is -0.0440. The van der Waals surface area contributed by atoms with E-state index in [1.807, 2.05) is 50.6 Å². The molecule has 1 aliphatic heterocycles. The van der Waals surface area contributed by atoms with E-state index in [1.165, 1.54) is 39.9 Å². The molecular formula is C22H25N3O4S2. The van der Waals surface area contributed by atoms with Crippen molar-refractivity contribution >= 4 is 37.5 Å². The zero-order chi connectivity index (χ0) is 22.3. The van der Waals surface area contributed by atoms with Crippen LogP contribution >= 0.6 is 11.3 Å². The highest BCUT2D eigenvalue weighted by Gasteiger charge is 2.32. The van der Waals surface area contributed by atoms with E-state index in [2.05, 4.69) is 4.99 Å². The fraction of sp³-hybridized carbons (Fsp3) is 0.364. The van der Waals surface area contributed by atoms with Gasteiger partial charge in [-0.15, -0.1) is 0 Å². The number of carbonyl (C=O) groups is 1. The van der Waals surface area contributed by atoms with Gasteiger partial charge < -0.3 is 9.30 Å². The average molecular weight is 460 g/mol. The summed E-state index contributed by atoms with van der Waals surface area (Å²) in [5.41, 5.74) is 2.51. The molecule has 1 aromatic heterocycles. The van der Waals surface area contributed by atoms with E-state index in [0.29, 0.717) is 23.5 Å². The molecule has 2 heterocycles. The van der Waals surface area contributed by atoms with E-state index < -0.39 is 15.9 Å². The van der Waals surface area contributed by atoms with Crippen LogP contribution < -0.4 is 4.80 Å². The van der Waals surface area contributed by atoms with Crippen molar-refractivity contribution in [3.05, 3.63) is 58.4 Å². The fourth-order valence-corrected chi connectivity index (χ4v) is 6.59. The molecule has 0 bridgehead atoms. The highest BCUT2D eigenvalue weighted by Crippen LogP contribution is 2.22. The molecule has 2 aromatic carbocycles. The third kappa shape index (κ3) is 4.23. The predicted octanol–water partition coefficient (Wildman–Crippen LogP) is 3.09. The number of nitrogens with zero attached hydrogens (tertiary/aromatic N) is 3. The van der Waals surface area contributed by atoms with Crippen molar-refractivity contribution in [2.75, 3.05) is 13.1 Å². The Bertz CT molecular complexity index is 1300. The average Bonchev–Trinajstić information content (AvgIpc) is 3.04. The number of para-hydroxylation sites is 1. The van der Waals surface area contributed by atoms with Crippen LogP contribution in [0.1, 0.15) is 29.8 Å². The number of amides is 1. The molecule has 9 heteroatoms. The Morgan fingerprint density at radius 2 is 1.74 bits per heavy atom. The molecule has 7 nitrogen and oxygen atoms in total. The third-order valence-corrected chi connectivity index (χ3v) is 8.29. The minimum absolute atomic E-state index is 0.161. The van der Waals surface area contributed by atoms with E-state index in [1.54, 1.807) is 0 Å². The lowest BCUT2D eigenvalue weighted by atomic mass is 10.2. The molecule has 0 saturated carbocycles. The molecule has 1 amide bonds. The third-order valence-electron chi connectivity index (χ3n) is 5.35. The van der Waals surface area contributed by atoms with Crippen LogP contribution in [0.5, 0.6) is 0 Å². The Morgan fingerprint density at radius 3 is 2.35 bits per heavy atom. The Kier molecular flexibility index (Phi) is 5.87. The van der Waals surface area contributed by atoms with Gasteiger partial charge in [0.05, 0.1) is 27.3 Å². The number of aromatic nitrogens is 1. The largest absolute Gasteiger partial charge is 0.373 e. The summed E-state index contributed by atoms with van der Waals surface area (Å²) < 4.78 is 36.0. The minimum Gasteiger partial charge on any atom is -0.373 e. The topological polar surface area (TPSA) is 81.0 Å². The number of aryl methyl sites for hydroxylation is 2. The Labute approximate surface area is 185 Å². The van der Waals surface area contributed by atoms with Crippen LogP contribution in [0.25, 0.3) is 10.2 Å². The first-order valence-electron chi connectivity index (χ1n) is 10.1. The molecule has 4 rings (SSSR count). The van der Waals surface area contributed by atoms with Gasteiger partial charge in [0.2, 0.25) is 10.0 Å². The van der Waals surface area contributed by atoms with Crippen LogP contribution in [0.2, 0.25) is 0 Å². The molecular weight excluding hydrogens is 434 g/mol. The van der Waals surface area contributed by atoms with Gasteiger partial charge in [0, 0.05) is 25.7 Å². The van der Waals surface area contributed by atoms with Gasteiger partial charge in [0.1, 0.15) is 0 Å². The van der Waals surface area contributed by atoms with E-state index in [4.69, 9.17) is 4.74 Å². The lowest BCUT2D eigenvalue weighted by Gasteiger charge is -2.34. The van der Waals surface area contributed by atoms with Crippen LogP contribution in [0.4, 0.5) is 0 Å². The quantitative estimate of drug-likeness (QED) is 0.603. The summed E-state index contributed by atoms with van der Waals surface area (Å²) in [6, 6.07) is 12.0. The zero-order valence-corrected chi connectivity index (χ0v) is 19.5. The number of morpholine rings is 1. The maximum Gasteiger partial charge on any atom is 0.279 e. The van der Waals surface area contributed by atoms with Crippen molar-refractivity contribution in [2.45, 2.75) is 37.9 Å². The van der Waals surface area contributed by atoms with Gasteiger partial charge in [-0.25, -0.2) is 8.42 Å². The van der Waals surface area contributed by atoms with Gasteiger partial charge >= 0.3 is 0 Å². The first-order valence-corrected chi connectivity index (χ1v) is 12.3. The number of ether oxygens (including phenoxy) is 1. The number of hydrogen-bond acceptors (Lipinski definition) is 5. The molecule has 3 aromatic rings. The number of benzene rings is 2. The number of rotatable bonds is 3. The summed E-state index contributed by atoms with van der Waals surface area (Å²) >= 11 is 1.45. The molecule has 0 spiro atoms. The minimum atomic E-state index is -3.65. The standard InChI is InChI=1S/C22H25N3O4S2/c1-14-6-5-7-19-20(14)24(4)22(30-19)23-21(26)17-8-10-18(11-9-17)31(27,28)25-12-15(2)29-16(3)13-25/h5-11,15-16H,12-13H2,1-4H3. The first-order chi connectivity index (χ1) is 14.7. The summed E-state index contributed by atoms with van der Waals surface area (Å²) in [4.78, 5) is 17.8. The molecule has 1 aliphatic rings. The Hall–Kier alpha value is -2.33. The van der Waals surface area contributed by atoms with Gasteiger partial charge in [-0.05, 0) is 56.7 Å². The maximum atomic E-state index is 13.0. The molecule has 0 radical (unpaired) electrons. The second-order valence-electron chi connectivity index (χ2n) is 7.89. The van der Waals surface area contributed by atoms with Gasteiger partial charge in [0.15, 0.2) is 4.80 Å². The smallest absolute Gasteiger partial charge is 0.279 e. The molecule has 1 saturated heterocycles. The number of carbonyl (C=O) groups excluding carboxylic acids is 1. The summed E-state index contributed by atoms with van der Waals surface area (Å²) in [7, 11) is -1.76. The van der Waals surface area contributed by atoms with Crippen molar-refractivity contribution < 1.29 is 17.9 Å². The molecule has 0 N–H and O–H groups in total. The van der Waals surface area contributed by atoms with Crippen LogP contribution in [-0.2, 0) is 21.8 Å². The summed E-state index contributed by atoms with van der Waals surface area (Å²) in [6.45, 7) is 6.36. The van der Waals surface area contributed by atoms with Crippen molar-refractivity contribution in [3.63, 3.8) is 0 Å². The van der Waals surface area contributed by atoms with E-state index in [0.717, 1.165) is 15.8 Å². The van der Waals surface area contributed by atoms with Crippen LogP contribution in [0.15, 0.2) is 52.4 Å². The summed E-state index contributed by atoms with van der Waals surface area (Å²) in [6.07, 6.45) is -0.326. The number of thiazole rings is 1. The Balaban J connectivity index is 1.61. The summed E-state index contributed by atoms with van der Waals surface area (Å²) in [5, 5.41) is 0. The predicted molar refractivity (Wildman–Crippen MR) is 121 cm³/mol. The Morgan fingerprint density at radius 1 is 1.10 bits per heavy atom. The van der Waals surface area contributed by atoms with E-state index in [9.17, 15) is 13.2 Å². The molecule has 164 valence electrons. The molecule has 0 aliphatic carbocycles. The van der Waals surface area contributed by atoms with Crippen LogP contribution in [0.3, 0.4) is 0 Å². The normalized spacial score (nSPS) is 21.0. The highest BCUT2D eigenvalue weighted by molar-refractivity contribution is 7.89. The van der Waals surface area contributed by atoms with Crippen LogP contribution in [-0.4, -0.2) is 48.5 Å². The fourth-order valence-electron chi connectivity index (χ4n) is 3.90. The van der Waals surface area contributed by atoms with Gasteiger partial charge in [-0.2, -0.15) is 9.30 Å². The SMILES string of the molecule is Cc1cccc2sc(=NC(=O)c3ccc(S(=O)(=O)N4CC(C)OC(C)C4)cc3)n(C)c12. The number of fused-ring (bicyclic) bond motifs is 1. The van der Waals surface area contributed by atoms with Crippen molar-refractivity contribution in [1.82, 2.24) is 8.87 Å². The first kappa shape index (κ1) is 21.9. The zero-order valence-electron chi connectivity index (χ0n) is 17.9. The van der Waals surface area contributed by atoms with Crippen molar-refractivity contribution in [1.29, 1.82) is 0 Å². The second-order valence-corrected chi connectivity index (χ2v) is 10.8. The monoisotopic (exact) mass is 459 g/mol. The lowest BCUT2D eigenvalue weighted by Crippen LogP contribution is -2.48. The van der Waals surface area contributed by atoms with Crippen molar-refractivity contribution in [2.24, 2.45) is 12.0 Å². The highest BCUT2D eigenvalue weighted by atomic mass is 32.2. The second kappa shape index (κ2) is 8.31. The van der Waals surface area contributed by atoms with Crippen molar-refractivity contribution in [3.8, 4) is 0 Å². The molecule has 31 heavy (non-hydrogen) atoms. The molecule has 2 atom stereocenters. The van der Waals surface area contributed by atoms with E-state index in [-0.39, 0.29) is 17.1 Å². The van der Waals surface area contributed by atoms with E-state index >= 15 is 0 Å². The van der Waals surface area contributed by atoms with Gasteiger partial charge in [-0.1, -0.05) is 23.5 Å². The molecule has 2 unspecified atom stereocenters. The van der Waals surface area contributed by atoms with Gasteiger partial charge in [-0.3, -0.25) is 4.79 Å². The van der Waals surface area contributed by atoms with Gasteiger partial charge in [0.25, 0.3) is 5.91 Å².